The maximum absolute atomic E-state index is 13.4. The zero-order valence-electron chi connectivity index (χ0n) is 15.5. The number of benzene rings is 2. The van der Waals surface area contributed by atoms with Crippen molar-refractivity contribution in [1.82, 2.24) is 5.32 Å². The van der Waals surface area contributed by atoms with E-state index in [2.05, 4.69) is 5.32 Å². The monoisotopic (exact) mass is 447 g/mol. The first-order chi connectivity index (χ1) is 14.4. The average molecular weight is 447 g/mol. The Labute approximate surface area is 170 Å². The third kappa shape index (κ3) is 5.19. The summed E-state index contributed by atoms with van der Waals surface area (Å²) < 4.78 is 104. The molecule has 0 aliphatic carbocycles. The minimum atomic E-state index is -4.92. The van der Waals surface area contributed by atoms with Gasteiger partial charge in [0.05, 0.1) is 11.1 Å². The summed E-state index contributed by atoms with van der Waals surface area (Å²) in [6.45, 7) is -0.0156. The number of Topliss-reactive ketones (excluding diaryl/α,β-unsaturated/α-hetero) is 1. The molecule has 1 fully saturated rings. The predicted molar refractivity (Wildman–Crippen MR) is 96.6 cm³/mol. The van der Waals surface area contributed by atoms with Gasteiger partial charge < -0.3 is 5.32 Å². The number of carbonyl (C=O) groups is 1. The molecule has 10 heteroatoms. The fraction of sp³-hybridized carbons (Fsp3) is 0.190. The number of nitrogens with one attached hydrogen (secondary N) is 1. The van der Waals surface area contributed by atoms with Crippen LogP contribution in [0.4, 0.5) is 35.1 Å². The van der Waals surface area contributed by atoms with Crippen LogP contribution in [0, 0.1) is 11.6 Å². The van der Waals surface area contributed by atoms with Gasteiger partial charge in [0.1, 0.15) is 11.6 Å². The first kappa shape index (κ1) is 22.7. The minimum Gasteiger partial charge on any atom is -0.308 e. The van der Waals surface area contributed by atoms with Gasteiger partial charge in [-0.15, -0.1) is 0 Å². The van der Waals surface area contributed by atoms with E-state index in [4.69, 9.17) is 0 Å². The zero-order valence-corrected chi connectivity index (χ0v) is 15.5. The van der Waals surface area contributed by atoms with E-state index in [0.717, 1.165) is 24.3 Å². The molecule has 1 aliphatic heterocycles. The summed E-state index contributed by atoms with van der Waals surface area (Å²) in [7, 11) is 0. The first-order valence-corrected chi connectivity index (χ1v) is 8.76. The number of ketones is 1. The Morgan fingerprint density at radius 3 is 1.45 bits per heavy atom. The molecule has 2 aromatic carbocycles. The molecule has 0 bridgehead atoms. The summed E-state index contributed by atoms with van der Waals surface area (Å²) in [6, 6.07) is 4.51. The molecule has 31 heavy (non-hydrogen) atoms. The van der Waals surface area contributed by atoms with E-state index in [1.165, 1.54) is 0 Å². The van der Waals surface area contributed by atoms with Crippen LogP contribution in [0.5, 0.6) is 0 Å². The Bertz CT molecular complexity index is 996. The summed E-state index contributed by atoms with van der Waals surface area (Å²) >= 11 is 0. The molecule has 2 aromatic rings. The molecule has 164 valence electrons. The Hall–Kier alpha value is -3.01. The molecule has 0 atom stereocenters. The van der Waals surface area contributed by atoms with Gasteiger partial charge in [0, 0.05) is 24.2 Å². The van der Waals surface area contributed by atoms with E-state index < -0.39 is 40.9 Å². The van der Waals surface area contributed by atoms with Gasteiger partial charge >= 0.3 is 12.4 Å². The van der Waals surface area contributed by atoms with Crippen LogP contribution in [0.3, 0.4) is 0 Å². The van der Waals surface area contributed by atoms with Gasteiger partial charge in [0.2, 0.25) is 0 Å². The molecule has 1 N–H and O–H groups in total. The Balaban J connectivity index is 1.94. The lowest BCUT2D eigenvalue weighted by Crippen LogP contribution is -2.32. The zero-order chi connectivity index (χ0) is 23.0. The maximum Gasteiger partial charge on any atom is 0.419 e. The fourth-order valence-electron chi connectivity index (χ4n) is 3.03. The van der Waals surface area contributed by atoms with Gasteiger partial charge in [-0.1, -0.05) is 12.1 Å². The number of hydrogen-bond acceptors (Lipinski definition) is 2. The first-order valence-electron chi connectivity index (χ1n) is 8.76. The Morgan fingerprint density at radius 2 is 1.10 bits per heavy atom. The number of alkyl halides is 6. The molecule has 1 saturated heterocycles. The van der Waals surface area contributed by atoms with Crippen molar-refractivity contribution in [3.8, 4) is 0 Å². The minimum absolute atomic E-state index is 0.00782. The highest BCUT2D eigenvalue weighted by Crippen LogP contribution is 2.33. The normalized spacial score (nSPS) is 18.1. The largest absolute Gasteiger partial charge is 0.419 e. The SMILES string of the molecule is O=C1/C(=C/c2ccc(F)c(C(F)(F)F)c2)CNC/C1=C\c1ccc(F)c(C(F)(F)F)c1. The van der Waals surface area contributed by atoms with Gasteiger partial charge in [-0.2, -0.15) is 26.3 Å². The third-order valence-corrected chi connectivity index (χ3v) is 4.49. The van der Waals surface area contributed by atoms with E-state index in [9.17, 15) is 39.9 Å². The van der Waals surface area contributed by atoms with E-state index in [0.29, 0.717) is 24.3 Å². The van der Waals surface area contributed by atoms with Crippen LogP contribution >= 0.6 is 0 Å². The summed E-state index contributed by atoms with van der Waals surface area (Å²) in [6.07, 6.45) is -7.56. The average Bonchev–Trinajstić information content (AvgIpc) is 2.66. The van der Waals surface area contributed by atoms with Crippen molar-refractivity contribution in [3.05, 3.63) is 81.4 Å². The smallest absolute Gasteiger partial charge is 0.308 e. The highest BCUT2D eigenvalue weighted by Gasteiger charge is 2.35. The van der Waals surface area contributed by atoms with Crippen molar-refractivity contribution < 1.29 is 39.9 Å². The lowest BCUT2D eigenvalue weighted by molar-refractivity contribution is -0.140. The summed E-state index contributed by atoms with van der Waals surface area (Å²) in [5.74, 6) is -3.52. The number of halogens is 8. The molecule has 0 unspecified atom stereocenters. The van der Waals surface area contributed by atoms with Gasteiger partial charge in [0.15, 0.2) is 5.78 Å². The molecule has 0 aromatic heterocycles. The van der Waals surface area contributed by atoms with Crippen LogP contribution < -0.4 is 5.32 Å². The Morgan fingerprint density at radius 1 is 0.710 bits per heavy atom. The van der Waals surface area contributed by atoms with Crippen LogP contribution in [0.2, 0.25) is 0 Å². The molecular weight excluding hydrogens is 434 g/mol. The van der Waals surface area contributed by atoms with Crippen LogP contribution in [-0.2, 0) is 17.1 Å². The predicted octanol–water partition coefficient (Wildman–Crippen LogP) is 5.64. The van der Waals surface area contributed by atoms with Crippen LogP contribution in [0.15, 0.2) is 47.5 Å². The number of hydrogen-bond donors (Lipinski definition) is 1. The van der Waals surface area contributed by atoms with Crippen molar-refractivity contribution in [2.45, 2.75) is 12.4 Å². The molecule has 0 amide bonds. The maximum atomic E-state index is 13.4. The topological polar surface area (TPSA) is 29.1 Å². The van der Waals surface area contributed by atoms with E-state index in [-0.39, 0.29) is 35.4 Å². The molecule has 0 saturated carbocycles. The van der Waals surface area contributed by atoms with Crippen molar-refractivity contribution in [2.24, 2.45) is 0 Å². The van der Waals surface area contributed by atoms with Gasteiger partial charge in [-0.3, -0.25) is 4.79 Å². The number of rotatable bonds is 2. The van der Waals surface area contributed by atoms with Crippen LogP contribution in [-0.4, -0.2) is 18.9 Å². The van der Waals surface area contributed by atoms with Gasteiger partial charge in [0.25, 0.3) is 0 Å². The third-order valence-electron chi connectivity index (χ3n) is 4.49. The molecule has 0 radical (unpaired) electrons. The standard InChI is InChI=1S/C21H13F8NO/c22-17-3-1-11(7-15(17)20(24,25)26)5-13-9-30-10-14(19(13)31)6-12-2-4-18(23)16(8-12)21(27,28)29/h1-8,30H,9-10H2/b13-5+,14-6+. The van der Waals surface area contributed by atoms with E-state index in [1.807, 2.05) is 0 Å². The highest BCUT2D eigenvalue weighted by atomic mass is 19.4. The summed E-state index contributed by atoms with van der Waals surface area (Å²) in [5, 5.41) is 2.82. The number of piperidine rings is 1. The van der Waals surface area contributed by atoms with Crippen molar-refractivity contribution in [2.75, 3.05) is 13.1 Å². The second kappa shape index (κ2) is 8.26. The molecule has 0 spiro atoms. The molecular formula is C21H13F8NO. The van der Waals surface area contributed by atoms with Gasteiger partial charge in [-0.25, -0.2) is 8.78 Å². The molecule has 1 aliphatic rings. The molecule has 2 nitrogen and oxygen atoms in total. The van der Waals surface area contributed by atoms with Gasteiger partial charge in [-0.05, 0) is 47.5 Å². The van der Waals surface area contributed by atoms with E-state index >= 15 is 0 Å². The second-order valence-corrected chi connectivity index (χ2v) is 6.75. The quantitative estimate of drug-likeness (QED) is 0.477. The highest BCUT2D eigenvalue weighted by molar-refractivity contribution is 6.14. The van der Waals surface area contributed by atoms with Crippen molar-refractivity contribution in [3.63, 3.8) is 0 Å². The van der Waals surface area contributed by atoms with Crippen molar-refractivity contribution in [1.29, 1.82) is 0 Å². The van der Waals surface area contributed by atoms with Crippen molar-refractivity contribution >= 4 is 17.9 Å². The van der Waals surface area contributed by atoms with E-state index in [1.54, 1.807) is 0 Å². The molecule has 3 rings (SSSR count). The summed E-state index contributed by atoms with van der Waals surface area (Å²) in [5.41, 5.74) is -3.03. The van der Waals surface area contributed by atoms with Crippen LogP contribution in [0.1, 0.15) is 22.3 Å². The summed E-state index contributed by atoms with van der Waals surface area (Å²) in [4.78, 5) is 12.7. The number of carbonyl (C=O) groups excluding carboxylic acids is 1. The lowest BCUT2D eigenvalue weighted by atomic mass is 9.95. The Kier molecular flexibility index (Phi) is 6.04. The second-order valence-electron chi connectivity index (χ2n) is 6.75. The van der Waals surface area contributed by atoms with Crippen LogP contribution in [0.25, 0.3) is 12.2 Å². The lowest BCUT2D eigenvalue weighted by Gasteiger charge is -2.18. The fourth-order valence-corrected chi connectivity index (χ4v) is 3.03. The molecule has 1 heterocycles.